The standard InChI is InChI=1S/C15H20N2O2S/c1-2-10(8-18)17-9-16-14-13(15(17)19)11-6-4-3-5-7-12(11)20-14/h9-10,18H,2-8H2,1H3. The van der Waals surface area contributed by atoms with Crippen molar-refractivity contribution in [3.05, 3.63) is 27.1 Å². The number of aromatic nitrogens is 2. The third kappa shape index (κ3) is 2.19. The number of aliphatic hydroxyl groups excluding tert-OH is 1. The van der Waals surface area contributed by atoms with Crippen LogP contribution < -0.4 is 5.56 Å². The number of nitrogens with zero attached hydrogens (tertiary/aromatic N) is 2. The number of fused-ring (bicyclic) bond motifs is 3. The van der Waals surface area contributed by atoms with E-state index in [1.807, 2.05) is 6.92 Å². The highest BCUT2D eigenvalue weighted by atomic mass is 32.1. The van der Waals surface area contributed by atoms with Crippen LogP contribution in [-0.4, -0.2) is 21.3 Å². The third-order valence-electron chi connectivity index (χ3n) is 4.23. The van der Waals surface area contributed by atoms with Gasteiger partial charge in [-0.2, -0.15) is 0 Å². The monoisotopic (exact) mass is 292 g/mol. The Balaban J connectivity index is 2.21. The lowest BCUT2D eigenvalue weighted by Gasteiger charge is -2.14. The van der Waals surface area contributed by atoms with Gasteiger partial charge in [0.1, 0.15) is 4.83 Å². The fraction of sp³-hybridized carbons (Fsp3) is 0.600. The summed E-state index contributed by atoms with van der Waals surface area (Å²) in [6.07, 6.45) is 8.01. The Labute approximate surface area is 122 Å². The van der Waals surface area contributed by atoms with Crippen LogP contribution in [0, 0.1) is 0 Å². The van der Waals surface area contributed by atoms with Crippen LogP contribution in [0.25, 0.3) is 10.2 Å². The van der Waals surface area contributed by atoms with E-state index in [4.69, 9.17) is 0 Å². The molecule has 0 amide bonds. The van der Waals surface area contributed by atoms with Gasteiger partial charge in [0, 0.05) is 4.88 Å². The number of aliphatic hydroxyl groups is 1. The van der Waals surface area contributed by atoms with Crippen molar-refractivity contribution in [1.29, 1.82) is 0 Å². The summed E-state index contributed by atoms with van der Waals surface area (Å²) >= 11 is 1.68. The first-order valence-electron chi connectivity index (χ1n) is 7.38. The summed E-state index contributed by atoms with van der Waals surface area (Å²) in [4.78, 5) is 19.4. The number of thiophene rings is 1. The molecule has 5 heteroatoms. The Hall–Kier alpha value is -1.20. The molecule has 1 atom stereocenters. The van der Waals surface area contributed by atoms with E-state index in [2.05, 4.69) is 4.98 Å². The van der Waals surface area contributed by atoms with Gasteiger partial charge in [-0.3, -0.25) is 9.36 Å². The SMILES string of the molecule is CCC(CO)n1cnc2sc3c(c2c1=O)CCCCC3. The highest BCUT2D eigenvalue weighted by molar-refractivity contribution is 7.18. The fourth-order valence-electron chi connectivity index (χ4n) is 3.01. The van der Waals surface area contributed by atoms with Crippen molar-refractivity contribution in [1.82, 2.24) is 9.55 Å². The summed E-state index contributed by atoms with van der Waals surface area (Å²) in [5.74, 6) is 0. The van der Waals surface area contributed by atoms with Crippen LogP contribution in [0.2, 0.25) is 0 Å². The zero-order valence-corrected chi connectivity index (χ0v) is 12.6. The van der Waals surface area contributed by atoms with E-state index >= 15 is 0 Å². The second-order valence-electron chi connectivity index (χ2n) is 5.45. The Morgan fingerprint density at radius 2 is 2.20 bits per heavy atom. The molecule has 0 aromatic carbocycles. The van der Waals surface area contributed by atoms with E-state index in [1.165, 1.54) is 23.3 Å². The lowest BCUT2D eigenvalue weighted by atomic mass is 10.1. The zero-order valence-electron chi connectivity index (χ0n) is 11.8. The molecule has 0 saturated heterocycles. The molecule has 108 valence electrons. The number of aryl methyl sites for hydroxylation is 2. The second kappa shape index (κ2) is 5.66. The maximum atomic E-state index is 12.8. The molecular formula is C15H20N2O2S. The van der Waals surface area contributed by atoms with Gasteiger partial charge in [0.05, 0.1) is 24.4 Å². The Morgan fingerprint density at radius 3 is 2.95 bits per heavy atom. The summed E-state index contributed by atoms with van der Waals surface area (Å²) in [6, 6.07) is -0.166. The first kappa shape index (κ1) is 13.8. The van der Waals surface area contributed by atoms with Gasteiger partial charge in [0.15, 0.2) is 0 Å². The fourth-order valence-corrected chi connectivity index (χ4v) is 4.23. The minimum absolute atomic E-state index is 0.0179. The first-order valence-corrected chi connectivity index (χ1v) is 8.20. The smallest absolute Gasteiger partial charge is 0.262 e. The van der Waals surface area contributed by atoms with Gasteiger partial charge in [-0.05, 0) is 37.7 Å². The summed E-state index contributed by atoms with van der Waals surface area (Å²) in [7, 11) is 0. The molecule has 0 spiro atoms. The predicted molar refractivity (Wildman–Crippen MR) is 81.6 cm³/mol. The van der Waals surface area contributed by atoms with Crippen LogP contribution >= 0.6 is 11.3 Å². The van der Waals surface area contributed by atoms with E-state index in [0.717, 1.165) is 35.9 Å². The Morgan fingerprint density at radius 1 is 1.40 bits per heavy atom. The van der Waals surface area contributed by atoms with Crippen LogP contribution in [0.4, 0.5) is 0 Å². The van der Waals surface area contributed by atoms with Crippen LogP contribution in [0.5, 0.6) is 0 Å². The molecule has 0 fully saturated rings. The van der Waals surface area contributed by atoms with Crippen molar-refractivity contribution in [3.63, 3.8) is 0 Å². The predicted octanol–water partition coefficient (Wildman–Crippen LogP) is 2.67. The highest BCUT2D eigenvalue weighted by Gasteiger charge is 2.20. The third-order valence-corrected chi connectivity index (χ3v) is 5.43. The molecule has 20 heavy (non-hydrogen) atoms. The summed E-state index contributed by atoms with van der Waals surface area (Å²) in [5, 5.41) is 10.2. The Bertz CT molecular complexity index is 670. The van der Waals surface area contributed by atoms with Crippen molar-refractivity contribution < 1.29 is 5.11 Å². The molecule has 2 heterocycles. The minimum Gasteiger partial charge on any atom is -0.394 e. The van der Waals surface area contributed by atoms with Crippen molar-refractivity contribution >= 4 is 21.6 Å². The molecule has 1 aliphatic carbocycles. The summed E-state index contributed by atoms with van der Waals surface area (Å²) < 4.78 is 1.61. The molecule has 0 saturated carbocycles. The quantitative estimate of drug-likeness (QED) is 0.885. The molecule has 2 aromatic rings. The maximum Gasteiger partial charge on any atom is 0.262 e. The second-order valence-corrected chi connectivity index (χ2v) is 6.53. The topological polar surface area (TPSA) is 55.1 Å². The molecule has 2 aromatic heterocycles. The van der Waals surface area contributed by atoms with Gasteiger partial charge < -0.3 is 5.11 Å². The minimum atomic E-state index is -0.166. The van der Waals surface area contributed by atoms with Crippen LogP contribution in [0.1, 0.15) is 49.1 Å². The molecular weight excluding hydrogens is 272 g/mol. The van der Waals surface area contributed by atoms with Gasteiger partial charge in [-0.1, -0.05) is 13.3 Å². The lowest BCUT2D eigenvalue weighted by Crippen LogP contribution is -2.27. The largest absolute Gasteiger partial charge is 0.394 e. The molecule has 1 N–H and O–H groups in total. The summed E-state index contributed by atoms with van der Waals surface area (Å²) in [5.41, 5.74) is 1.25. The van der Waals surface area contributed by atoms with Gasteiger partial charge >= 0.3 is 0 Å². The summed E-state index contributed by atoms with van der Waals surface area (Å²) in [6.45, 7) is 1.96. The highest BCUT2D eigenvalue weighted by Crippen LogP contribution is 2.32. The van der Waals surface area contributed by atoms with E-state index in [-0.39, 0.29) is 18.2 Å². The Kier molecular flexibility index (Phi) is 3.89. The number of hydrogen-bond donors (Lipinski definition) is 1. The van der Waals surface area contributed by atoms with E-state index < -0.39 is 0 Å². The van der Waals surface area contributed by atoms with E-state index in [0.29, 0.717) is 0 Å². The average molecular weight is 292 g/mol. The van der Waals surface area contributed by atoms with Gasteiger partial charge in [0.2, 0.25) is 0 Å². The normalized spacial score (nSPS) is 16.9. The number of hydrogen-bond acceptors (Lipinski definition) is 4. The van der Waals surface area contributed by atoms with Gasteiger partial charge in [-0.15, -0.1) is 11.3 Å². The van der Waals surface area contributed by atoms with Crippen LogP contribution in [-0.2, 0) is 12.8 Å². The lowest BCUT2D eigenvalue weighted by molar-refractivity contribution is 0.221. The molecule has 0 aliphatic heterocycles. The maximum absolute atomic E-state index is 12.8. The van der Waals surface area contributed by atoms with Crippen molar-refractivity contribution in [2.75, 3.05) is 6.61 Å². The molecule has 0 radical (unpaired) electrons. The molecule has 1 aliphatic rings. The van der Waals surface area contributed by atoms with Crippen LogP contribution in [0.15, 0.2) is 11.1 Å². The first-order chi connectivity index (χ1) is 9.76. The zero-order chi connectivity index (χ0) is 14.1. The molecule has 3 rings (SSSR count). The van der Waals surface area contributed by atoms with Crippen molar-refractivity contribution in [3.8, 4) is 0 Å². The number of rotatable bonds is 3. The van der Waals surface area contributed by atoms with Crippen molar-refractivity contribution in [2.24, 2.45) is 0 Å². The molecule has 4 nitrogen and oxygen atoms in total. The van der Waals surface area contributed by atoms with Gasteiger partial charge in [0.25, 0.3) is 5.56 Å². The van der Waals surface area contributed by atoms with Crippen LogP contribution in [0.3, 0.4) is 0 Å². The molecule has 0 bridgehead atoms. The molecule has 1 unspecified atom stereocenters. The van der Waals surface area contributed by atoms with Gasteiger partial charge in [-0.25, -0.2) is 4.98 Å². The van der Waals surface area contributed by atoms with Crippen molar-refractivity contribution in [2.45, 2.75) is 51.5 Å². The average Bonchev–Trinajstić information content (AvgIpc) is 2.65. The van der Waals surface area contributed by atoms with E-state index in [1.54, 1.807) is 22.2 Å². The van der Waals surface area contributed by atoms with E-state index in [9.17, 15) is 9.90 Å².